The molecule has 1 N–H and O–H groups in total. The number of nitrogens with one attached hydrogen (secondary N) is 1. The Labute approximate surface area is 132 Å². The second kappa shape index (κ2) is 6.03. The van der Waals surface area contributed by atoms with Crippen molar-refractivity contribution in [1.82, 2.24) is 0 Å². The minimum Gasteiger partial charge on any atom is -0.456 e. The Morgan fingerprint density at radius 3 is 2.64 bits per heavy atom. The number of para-hydroxylation sites is 1. The van der Waals surface area contributed by atoms with E-state index in [4.69, 9.17) is 16.3 Å². The molecule has 110 valence electrons. The summed E-state index contributed by atoms with van der Waals surface area (Å²) in [7, 11) is 0. The van der Waals surface area contributed by atoms with Crippen LogP contribution in [0.25, 0.3) is 0 Å². The van der Waals surface area contributed by atoms with Crippen molar-refractivity contribution < 1.29 is 14.3 Å². The second-order valence-electron chi connectivity index (χ2n) is 4.79. The number of halogens is 1. The first-order chi connectivity index (χ1) is 10.6. The van der Waals surface area contributed by atoms with Gasteiger partial charge >= 0.3 is 5.97 Å². The molecule has 0 unspecified atom stereocenters. The summed E-state index contributed by atoms with van der Waals surface area (Å²) in [6.07, 6.45) is 1.24. The number of esters is 1. The van der Waals surface area contributed by atoms with Gasteiger partial charge in [-0.15, -0.1) is 0 Å². The topological polar surface area (TPSA) is 55.4 Å². The average Bonchev–Trinajstić information content (AvgIpc) is 2.68. The van der Waals surface area contributed by atoms with Crippen molar-refractivity contribution in [2.24, 2.45) is 0 Å². The van der Waals surface area contributed by atoms with Gasteiger partial charge in [-0.3, -0.25) is 4.79 Å². The molecule has 0 saturated heterocycles. The van der Waals surface area contributed by atoms with Gasteiger partial charge in [0.1, 0.15) is 12.3 Å². The van der Waals surface area contributed by atoms with Crippen molar-refractivity contribution in [2.45, 2.75) is 6.61 Å². The molecule has 1 aliphatic heterocycles. The standard InChI is InChI=1S/C17H12ClNO3/c18-13-7-5-11(6-8-13)16(20)9-15-17(21)22-10-12-3-1-2-4-14(12)19-15/h1-9,19H,10H2/b15-9-. The summed E-state index contributed by atoms with van der Waals surface area (Å²) in [5.74, 6) is -0.853. The minimum absolute atomic E-state index is 0.116. The third-order valence-electron chi connectivity index (χ3n) is 3.27. The van der Waals surface area contributed by atoms with Gasteiger partial charge in [-0.1, -0.05) is 29.8 Å². The second-order valence-corrected chi connectivity index (χ2v) is 5.22. The van der Waals surface area contributed by atoms with Gasteiger partial charge < -0.3 is 10.1 Å². The quantitative estimate of drug-likeness (QED) is 0.523. The number of hydrogen-bond donors (Lipinski definition) is 1. The minimum atomic E-state index is -0.557. The summed E-state index contributed by atoms with van der Waals surface area (Å²) in [5.41, 5.74) is 2.18. The molecule has 4 nitrogen and oxygen atoms in total. The zero-order valence-electron chi connectivity index (χ0n) is 11.5. The summed E-state index contributed by atoms with van der Waals surface area (Å²) in [4.78, 5) is 24.2. The molecule has 0 aromatic heterocycles. The van der Waals surface area contributed by atoms with Gasteiger partial charge in [0.15, 0.2) is 5.78 Å². The lowest BCUT2D eigenvalue weighted by Gasteiger charge is -2.06. The summed E-state index contributed by atoms with van der Waals surface area (Å²) in [6.45, 7) is 0.175. The third-order valence-corrected chi connectivity index (χ3v) is 3.52. The van der Waals surface area contributed by atoms with Crippen molar-refractivity contribution in [3.63, 3.8) is 0 Å². The molecule has 0 atom stereocenters. The number of hydrogen-bond acceptors (Lipinski definition) is 4. The van der Waals surface area contributed by atoms with Gasteiger partial charge in [0, 0.05) is 27.9 Å². The van der Waals surface area contributed by atoms with Gasteiger partial charge in [0.25, 0.3) is 0 Å². The molecule has 5 heteroatoms. The number of rotatable bonds is 2. The predicted molar refractivity (Wildman–Crippen MR) is 83.7 cm³/mol. The van der Waals surface area contributed by atoms with Crippen LogP contribution in [0.3, 0.4) is 0 Å². The first-order valence-electron chi connectivity index (χ1n) is 6.67. The maximum absolute atomic E-state index is 12.2. The maximum atomic E-state index is 12.2. The Bertz CT molecular complexity index is 766. The molecule has 0 bridgehead atoms. The molecule has 0 fully saturated rings. The van der Waals surface area contributed by atoms with E-state index < -0.39 is 5.97 Å². The predicted octanol–water partition coefficient (Wildman–Crippen LogP) is 3.58. The van der Waals surface area contributed by atoms with Crippen molar-refractivity contribution in [3.05, 3.63) is 76.5 Å². The monoisotopic (exact) mass is 313 g/mol. The summed E-state index contributed by atoms with van der Waals surface area (Å²) in [6, 6.07) is 13.9. The number of cyclic esters (lactones) is 1. The SMILES string of the molecule is O=C1OCc2ccccc2N/C1=C\C(=O)c1ccc(Cl)cc1. The van der Waals surface area contributed by atoms with Gasteiger partial charge in [0.2, 0.25) is 0 Å². The van der Waals surface area contributed by atoms with E-state index >= 15 is 0 Å². The number of ether oxygens (including phenoxy) is 1. The number of anilines is 1. The van der Waals surface area contributed by atoms with E-state index in [1.54, 1.807) is 24.3 Å². The molecule has 0 saturated carbocycles. The lowest BCUT2D eigenvalue weighted by atomic mass is 10.1. The Morgan fingerprint density at radius 1 is 1.14 bits per heavy atom. The molecule has 2 aromatic rings. The van der Waals surface area contributed by atoms with Crippen LogP contribution in [-0.2, 0) is 16.1 Å². The molecular weight excluding hydrogens is 302 g/mol. The summed E-state index contributed by atoms with van der Waals surface area (Å²) >= 11 is 5.80. The number of fused-ring (bicyclic) bond motifs is 1. The van der Waals surface area contributed by atoms with Crippen LogP contribution in [0, 0.1) is 0 Å². The molecule has 2 aromatic carbocycles. The number of allylic oxidation sites excluding steroid dienone is 1. The van der Waals surface area contributed by atoms with Crippen LogP contribution >= 0.6 is 11.6 Å². The van der Waals surface area contributed by atoms with Crippen LogP contribution in [0.2, 0.25) is 5.02 Å². The van der Waals surface area contributed by atoms with Crippen molar-refractivity contribution >= 4 is 29.0 Å². The number of benzene rings is 2. The molecule has 1 heterocycles. The number of ketones is 1. The summed E-state index contributed by atoms with van der Waals surface area (Å²) < 4.78 is 5.15. The highest BCUT2D eigenvalue weighted by atomic mass is 35.5. The number of carbonyl (C=O) groups is 2. The first kappa shape index (κ1) is 14.4. The Morgan fingerprint density at radius 2 is 1.86 bits per heavy atom. The molecular formula is C17H12ClNO3. The Hall–Kier alpha value is -2.59. The van der Waals surface area contributed by atoms with E-state index in [2.05, 4.69) is 5.32 Å². The van der Waals surface area contributed by atoms with Crippen LogP contribution in [0.15, 0.2) is 60.3 Å². The lowest BCUT2D eigenvalue weighted by Crippen LogP contribution is -2.13. The van der Waals surface area contributed by atoms with E-state index in [1.807, 2.05) is 24.3 Å². The van der Waals surface area contributed by atoms with Crippen LogP contribution in [0.5, 0.6) is 0 Å². The van der Waals surface area contributed by atoms with Gasteiger partial charge in [-0.2, -0.15) is 0 Å². The van der Waals surface area contributed by atoms with Crippen LogP contribution in [0.4, 0.5) is 5.69 Å². The van der Waals surface area contributed by atoms with Gasteiger partial charge in [-0.25, -0.2) is 4.79 Å². The zero-order valence-corrected chi connectivity index (χ0v) is 12.3. The molecule has 0 spiro atoms. The van der Waals surface area contributed by atoms with E-state index in [0.29, 0.717) is 10.6 Å². The van der Waals surface area contributed by atoms with Crippen molar-refractivity contribution in [1.29, 1.82) is 0 Å². The van der Waals surface area contributed by atoms with Crippen molar-refractivity contribution in [2.75, 3.05) is 5.32 Å². The Kier molecular flexibility index (Phi) is 3.94. The summed E-state index contributed by atoms with van der Waals surface area (Å²) in [5, 5.41) is 3.51. The highest BCUT2D eigenvalue weighted by Gasteiger charge is 2.19. The Balaban J connectivity index is 1.90. The lowest BCUT2D eigenvalue weighted by molar-refractivity contribution is -0.139. The van der Waals surface area contributed by atoms with Crippen LogP contribution < -0.4 is 5.32 Å². The van der Waals surface area contributed by atoms with E-state index in [-0.39, 0.29) is 18.1 Å². The van der Waals surface area contributed by atoms with E-state index in [9.17, 15) is 9.59 Å². The zero-order chi connectivity index (χ0) is 15.5. The molecule has 22 heavy (non-hydrogen) atoms. The highest BCUT2D eigenvalue weighted by Crippen LogP contribution is 2.22. The first-order valence-corrected chi connectivity index (χ1v) is 7.05. The fourth-order valence-corrected chi connectivity index (χ4v) is 2.23. The average molecular weight is 314 g/mol. The molecule has 1 aliphatic rings. The normalized spacial score (nSPS) is 15.5. The van der Waals surface area contributed by atoms with E-state index in [1.165, 1.54) is 6.08 Å². The smallest absolute Gasteiger partial charge is 0.355 e. The largest absolute Gasteiger partial charge is 0.456 e. The fraction of sp³-hybridized carbons (Fsp3) is 0.0588. The van der Waals surface area contributed by atoms with Gasteiger partial charge in [-0.05, 0) is 30.3 Å². The third kappa shape index (κ3) is 3.02. The van der Waals surface area contributed by atoms with Crippen molar-refractivity contribution in [3.8, 4) is 0 Å². The maximum Gasteiger partial charge on any atom is 0.355 e. The van der Waals surface area contributed by atoms with Crippen LogP contribution in [0.1, 0.15) is 15.9 Å². The molecule has 0 aliphatic carbocycles. The molecule has 0 radical (unpaired) electrons. The fourth-order valence-electron chi connectivity index (χ4n) is 2.11. The van der Waals surface area contributed by atoms with Gasteiger partial charge in [0.05, 0.1) is 0 Å². The molecule has 3 rings (SSSR count). The highest BCUT2D eigenvalue weighted by molar-refractivity contribution is 6.30. The molecule has 0 amide bonds. The van der Waals surface area contributed by atoms with Crippen LogP contribution in [-0.4, -0.2) is 11.8 Å². The number of carbonyl (C=O) groups excluding carboxylic acids is 2. The van der Waals surface area contributed by atoms with E-state index in [0.717, 1.165) is 11.3 Å².